The van der Waals surface area contributed by atoms with Crippen LogP contribution in [-0.2, 0) is 13.0 Å². The maximum Gasteiger partial charge on any atom is 0.126 e. The Morgan fingerprint density at radius 3 is 2.67 bits per heavy atom. The van der Waals surface area contributed by atoms with E-state index in [2.05, 4.69) is 45.8 Å². The minimum absolute atomic E-state index is 0.257. The summed E-state index contributed by atoms with van der Waals surface area (Å²) in [7, 11) is 0. The molecule has 0 aliphatic heterocycles. The number of pyridine rings is 1. The Balaban J connectivity index is 2.18. The van der Waals surface area contributed by atoms with Crippen LogP contribution in [0.3, 0.4) is 0 Å². The molecule has 0 aliphatic carbocycles. The van der Waals surface area contributed by atoms with E-state index in [0.29, 0.717) is 0 Å². The SMILES string of the molecule is CCNC(Cc1ccncc1)c1nccn1CC. The first kappa shape index (κ1) is 12.8. The maximum atomic E-state index is 4.49. The highest BCUT2D eigenvalue weighted by Gasteiger charge is 2.15. The summed E-state index contributed by atoms with van der Waals surface area (Å²) in [5, 5.41) is 3.50. The number of nitrogens with one attached hydrogen (secondary N) is 1. The predicted octanol–water partition coefficient (Wildman–Crippen LogP) is 2.19. The zero-order valence-electron chi connectivity index (χ0n) is 11.0. The summed E-state index contributed by atoms with van der Waals surface area (Å²) in [6.07, 6.45) is 8.52. The Morgan fingerprint density at radius 2 is 2.00 bits per heavy atom. The van der Waals surface area contributed by atoms with E-state index in [1.54, 1.807) is 0 Å². The standard InChI is InChI=1S/C14H20N4/c1-3-16-13(11-12-5-7-15-8-6-12)14-17-9-10-18(14)4-2/h5-10,13,16H,3-4,11H2,1-2H3. The van der Waals surface area contributed by atoms with Crippen LogP contribution in [0.2, 0.25) is 0 Å². The van der Waals surface area contributed by atoms with E-state index in [4.69, 9.17) is 0 Å². The fourth-order valence-corrected chi connectivity index (χ4v) is 2.15. The van der Waals surface area contributed by atoms with Crippen molar-refractivity contribution in [1.29, 1.82) is 0 Å². The third kappa shape index (κ3) is 2.96. The first-order valence-electron chi connectivity index (χ1n) is 6.48. The molecule has 0 aromatic carbocycles. The third-order valence-corrected chi connectivity index (χ3v) is 3.04. The van der Waals surface area contributed by atoms with Gasteiger partial charge in [0, 0.05) is 31.3 Å². The van der Waals surface area contributed by atoms with Crippen LogP contribution in [0, 0.1) is 0 Å². The predicted molar refractivity (Wildman–Crippen MR) is 72.3 cm³/mol. The summed E-state index contributed by atoms with van der Waals surface area (Å²) in [5.41, 5.74) is 1.28. The molecule has 2 rings (SSSR count). The van der Waals surface area contributed by atoms with Gasteiger partial charge in [-0.25, -0.2) is 4.98 Å². The van der Waals surface area contributed by atoms with E-state index >= 15 is 0 Å². The van der Waals surface area contributed by atoms with Crippen molar-refractivity contribution in [3.63, 3.8) is 0 Å². The second-order valence-electron chi connectivity index (χ2n) is 4.24. The van der Waals surface area contributed by atoms with Gasteiger partial charge in [0.15, 0.2) is 0 Å². The molecule has 1 unspecified atom stereocenters. The maximum absolute atomic E-state index is 4.49. The first-order valence-corrected chi connectivity index (χ1v) is 6.48. The van der Waals surface area contributed by atoms with Gasteiger partial charge in [-0.05, 0) is 37.6 Å². The van der Waals surface area contributed by atoms with E-state index in [0.717, 1.165) is 25.3 Å². The van der Waals surface area contributed by atoms with E-state index in [9.17, 15) is 0 Å². The third-order valence-electron chi connectivity index (χ3n) is 3.04. The van der Waals surface area contributed by atoms with Crippen LogP contribution in [0.15, 0.2) is 36.9 Å². The average molecular weight is 244 g/mol. The monoisotopic (exact) mass is 244 g/mol. The minimum Gasteiger partial charge on any atom is -0.334 e. The molecule has 2 aromatic heterocycles. The second kappa shape index (κ2) is 6.31. The molecule has 0 aliphatic rings. The highest BCUT2D eigenvalue weighted by Crippen LogP contribution is 2.16. The van der Waals surface area contributed by atoms with Gasteiger partial charge in [0.05, 0.1) is 6.04 Å². The molecule has 0 bridgehead atoms. The van der Waals surface area contributed by atoms with Crippen LogP contribution in [0.4, 0.5) is 0 Å². The molecule has 2 aromatic rings. The van der Waals surface area contributed by atoms with Crippen molar-refractivity contribution < 1.29 is 0 Å². The number of hydrogen-bond donors (Lipinski definition) is 1. The highest BCUT2D eigenvalue weighted by atomic mass is 15.1. The van der Waals surface area contributed by atoms with Gasteiger partial charge >= 0.3 is 0 Å². The number of rotatable bonds is 6. The van der Waals surface area contributed by atoms with Crippen molar-refractivity contribution in [2.45, 2.75) is 32.9 Å². The number of aromatic nitrogens is 3. The van der Waals surface area contributed by atoms with E-state index in [1.807, 2.05) is 24.8 Å². The molecular weight excluding hydrogens is 224 g/mol. The van der Waals surface area contributed by atoms with E-state index in [-0.39, 0.29) is 6.04 Å². The Hall–Kier alpha value is -1.68. The summed E-state index contributed by atoms with van der Waals surface area (Å²) >= 11 is 0. The van der Waals surface area contributed by atoms with E-state index in [1.165, 1.54) is 5.56 Å². The van der Waals surface area contributed by atoms with Crippen molar-refractivity contribution in [2.75, 3.05) is 6.54 Å². The molecule has 0 saturated carbocycles. The van der Waals surface area contributed by atoms with Crippen LogP contribution in [0.1, 0.15) is 31.3 Å². The van der Waals surface area contributed by atoms with Gasteiger partial charge in [-0.1, -0.05) is 6.92 Å². The number of hydrogen-bond acceptors (Lipinski definition) is 3. The molecule has 0 amide bonds. The second-order valence-corrected chi connectivity index (χ2v) is 4.24. The minimum atomic E-state index is 0.257. The fraction of sp³-hybridized carbons (Fsp3) is 0.429. The topological polar surface area (TPSA) is 42.7 Å². The molecule has 1 atom stereocenters. The fourth-order valence-electron chi connectivity index (χ4n) is 2.15. The molecule has 4 heteroatoms. The Bertz CT molecular complexity index is 464. The molecular formula is C14H20N4. The van der Waals surface area contributed by atoms with Crippen molar-refractivity contribution in [3.05, 3.63) is 48.3 Å². The molecule has 0 saturated heterocycles. The zero-order valence-corrected chi connectivity index (χ0v) is 11.0. The normalized spacial score (nSPS) is 12.6. The lowest BCUT2D eigenvalue weighted by atomic mass is 10.1. The van der Waals surface area contributed by atoms with Crippen LogP contribution in [0.5, 0.6) is 0 Å². The van der Waals surface area contributed by atoms with Crippen LogP contribution >= 0.6 is 0 Å². The van der Waals surface area contributed by atoms with Crippen LogP contribution in [0.25, 0.3) is 0 Å². The zero-order chi connectivity index (χ0) is 12.8. The Labute approximate surface area is 108 Å². The van der Waals surface area contributed by atoms with Crippen molar-refractivity contribution in [3.8, 4) is 0 Å². The Kier molecular flexibility index (Phi) is 4.47. The van der Waals surface area contributed by atoms with Crippen molar-refractivity contribution >= 4 is 0 Å². The summed E-state index contributed by atoms with van der Waals surface area (Å²) in [6, 6.07) is 4.37. The van der Waals surface area contributed by atoms with Gasteiger partial charge in [-0.2, -0.15) is 0 Å². The molecule has 0 fully saturated rings. The molecule has 0 spiro atoms. The Morgan fingerprint density at radius 1 is 1.22 bits per heavy atom. The van der Waals surface area contributed by atoms with Gasteiger partial charge in [0.25, 0.3) is 0 Å². The smallest absolute Gasteiger partial charge is 0.126 e. The first-order chi connectivity index (χ1) is 8.85. The molecule has 1 N–H and O–H groups in total. The van der Waals surface area contributed by atoms with Gasteiger partial charge in [-0.3, -0.25) is 4.98 Å². The van der Waals surface area contributed by atoms with Crippen molar-refractivity contribution in [1.82, 2.24) is 19.9 Å². The molecule has 96 valence electrons. The number of imidazole rings is 1. The lowest BCUT2D eigenvalue weighted by Crippen LogP contribution is -2.26. The molecule has 18 heavy (non-hydrogen) atoms. The summed E-state index contributed by atoms with van der Waals surface area (Å²) in [5.74, 6) is 1.11. The number of likely N-dealkylation sites (N-methyl/N-ethyl adjacent to an activating group) is 1. The quantitative estimate of drug-likeness (QED) is 0.847. The van der Waals surface area contributed by atoms with Gasteiger partial charge < -0.3 is 9.88 Å². The van der Waals surface area contributed by atoms with Gasteiger partial charge in [0.2, 0.25) is 0 Å². The molecule has 2 heterocycles. The lowest BCUT2D eigenvalue weighted by Gasteiger charge is -2.18. The van der Waals surface area contributed by atoms with Crippen molar-refractivity contribution in [2.24, 2.45) is 0 Å². The van der Waals surface area contributed by atoms with Gasteiger partial charge in [-0.15, -0.1) is 0 Å². The van der Waals surface area contributed by atoms with E-state index < -0.39 is 0 Å². The summed E-state index contributed by atoms with van der Waals surface area (Å²) < 4.78 is 2.19. The summed E-state index contributed by atoms with van der Waals surface area (Å²) in [4.78, 5) is 8.54. The van der Waals surface area contributed by atoms with Crippen LogP contribution < -0.4 is 5.32 Å². The molecule has 4 nitrogen and oxygen atoms in total. The largest absolute Gasteiger partial charge is 0.334 e. The molecule has 0 radical (unpaired) electrons. The van der Waals surface area contributed by atoms with Crippen LogP contribution in [-0.4, -0.2) is 21.1 Å². The summed E-state index contributed by atoms with van der Waals surface area (Å²) in [6.45, 7) is 6.15. The average Bonchev–Trinajstić information content (AvgIpc) is 2.87. The number of aryl methyl sites for hydroxylation is 1. The number of nitrogens with zero attached hydrogens (tertiary/aromatic N) is 3. The lowest BCUT2D eigenvalue weighted by molar-refractivity contribution is 0.495. The highest BCUT2D eigenvalue weighted by molar-refractivity contribution is 5.14. The van der Waals surface area contributed by atoms with Gasteiger partial charge in [0.1, 0.15) is 5.82 Å².